The molecule has 0 fully saturated rings. The lowest BCUT2D eigenvalue weighted by Gasteiger charge is -2.35. The van der Waals surface area contributed by atoms with E-state index in [9.17, 15) is 19.8 Å². The number of hydrogen-bond donors (Lipinski definition) is 2. The summed E-state index contributed by atoms with van der Waals surface area (Å²) in [5.74, 6) is -1.49. The Balaban J connectivity index is 0.000000214. The van der Waals surface area contributed by atoms with Gasteiger partial charge in [0.25, 0.3) is 0 Å². The Morgan fingerprint density at radius 1 is 0.684 bits per heavy atom. The number of likely N-dealkylation sites (N-methyl/N-ethyl adjacent to an activating group) is 1. The number of aromatic nitrogens is 1. The molecule has 292 valence electrons. The third-order valence-corrected chi connectivity index (χ3v) is 9.83. The zero-order valence-electron chi connectivity index (χ0n) is 32.5. The maximum Gasteiger partial charge on any atom is 0.332 e. The monoisotopic (exact) mass is 764 g/mol. The fourth-order valence-corrected chi connectivity index (χ4v) is 6.71. The number of para-hydroxylation sites is 1. The summed E-state index contributed by atoms with van der Waals surface area (Å²) in [6.07, 6.45) is 5.06. The second kappa shape index (κ2) is 18.8. The van der Waals surface area contributed by atoms with E-state index >= 15 is 0 Å². The summed E-state index contributed by atoms with van der Waals surface area (Å²) < 4.78 is 19.6. The van der Waals surface area contributed by atoms with Gasteiger partial charge in [0.1, 0.15) is 37.1 Å². The van der Waals surface area contributed by atoms with Crippen LogP contribution in [0, 0.1) is 5.41 Å². The predicted molar refractivity (Wildman–Crippen MR) is 222 cm³/mol. The molecular formula is C48H48N2O7. The van der Waals surface area contributed by atoms with Crippen LogP contribution >= 0.6 is 0 Å². The van der Waals surface area contributed by atoms with E-state index in [0.717, 1.165) is 30.0 Å². The van der Waals surface area contributed by atoms with Gasteiger partial charge in [0, 0.05) is 36.3 Å². The molecule has 0 bridgehead atoms. The van der Waals surface area contributed by atoms with Gasteiger partial charge in [-0.15, -0.1) is 0 Å². The molecular weight excluding hydrogens is 717 g/mol. The first-order chi connectivity index (χ1) is 27.6. The SMILES string of the molecule is CC1(C(=O)O)C=C(OCc2ccccc2)C=C(C(=O)O)C1c1ccc(OCc2ccccc2)cc1.CN(C)CCOc1ccc(Cn2ccc3ccccc32)cc1. The number of carbonyl (C=O) groups is 2. The molecule has 0 spiro atoms. The van der Waals surface area contributed by atoms with Crippen LogP contribution in [0.25, 0.3) is 10.9 Å². The summed E-state index contributed by atoms with van der Waals surface area (Å²) >= 11 is 0. The number of hydrogen-bond acceptors (Lipinski definition) is 6. The molecule has 1 aliphatic carbocycles. The predicted octanol–water partition coefficient (Wildman–Crippen LogP) is 9.20. The molecule has 9 nitrogen and oxygen atoms in total. The van der Waals surface area contributed by atoms with Gasteiger partial charge in [-0.1, -0.05) is 103 Å². The molecule has 0 aliphatic heterocycles. The van der Waals surface area contributed by atoms with E-state index in [0.29, 0.717) is 24.5 Å². The Morgan fingerprint density at radius 2 is 1.26 bits per heavy atom. The molecule has 5 aromatic carbocycles. The van der Waals surface area contributed by atoms with Crippen LogP contribution < -0.4 is 9.47 Å². The van der Waals surface area contributed by atoms with Gasteiger partial charge in [0.05, 0.1) is 5.41 Å². The van der Waals surface area contributed by atoms with Gasteiger partial charge in [-0.25, -0.2) is 4.79 Å². The Hall–Kier alpha value is -6.58. The summed E-state index contributed by atoms with van der Waals surface area (Å²) in [4.78, 5) is 26.8. The number of benzene rings is 5. The number of rotatable bonds is 15. The number of nitrogens with zero attached hydrogens (tertiary/aromatic N) is 2. The van der Waals surface area contributed by atoms with E-state index in [1.165, 1.54) is 35.5 Å². The maximum atomic E-state index is 12.4. The Morgan fingerprint density at radius 3 is 1.88 bits per heavy atom. The second-order valence-electron chi connectivity index (χ2n) is 14.4. The van der Waals surface area contributed by atoms with Crippen molar-refractivity contribution in [2.24, 2.45) is 5.41 Å². The molecule has 7 rings (SSSR count). The van der Waals surface area contributed by atoms with Gasteiger partial charge < -0.3 is 33.9 Å². The fourth-order valence-electron chi connectivity index (χ4n) is 6.71. The standard InChI is InChI=1S/C29H26O6.C19H22N2O/c1-29(28(32)33)17-24(35-19-21-10-6-3-7-11-21)16-25(27(30)31)26(29)22-12-14-23(15-13-22)34-18-20-8-4-2-5-9-20;1-20(2)13-14-22-18-9-7-16(8-10-18)15-21-12-11-17-5-3-4-6-19(17)21/h2-17,26H,18-19H2,1H3,(H,30,31)(H,32,33);3-12H,13-15H2,1-2H3. The minimum Gasteiger partial charge on any atom is -0.492 e. The summed E-state index contributed by atoms with van der Waals surface area (Å²) in [6.45, 7) is 4.63. The molecule has 2 N–H and O–H groups in total. The molecule has 1 heterocycles. The molecule has 1 aromatic heterocycles. The normalized spacial score (nSPS) is 16.2. The Bertz CT molecular complexity index is 2300. The van der Waals surface area contributed by atoms with Crippen LogP contribution in [-0.4, -0.2) is 58.9 Å². The van der Waals surface area contributed by atoms with Gasteiger partial charge in [-0.3, -0.25) is 4.79 Å². The lowest BCUT2D eigenvalue weighted by Crippen LogP contribution is -2.37. The average molecular weight is 765 g/mol. The van der Waals surface area contributed by atoms with Crippen molar-refractivity contribution in [3.05, 3.63) is 191 Å². The minimum absolute atomic E-state index is 0.0431. The van der Waals surface area contributed by atoms with Crippen LogP contribution in [0.3, 0.4) is 0 Å². The highest BCUT2D eigenvalue weighted by atomic mass is 16.5. The van der Waals surface area contributed by atoms with Crippen molar-refractivity contribution in [2.75, 3.05) is 27.2 Å². The largest absolute Gasteiger partial charge is 0.492 e. The van der Waals surface area contributed by atoms with Crippen LogP contribution in [0.4, 0.5) is 0 Å². The molecule has 57 heavy (non-hydrogen) atoms. The van der Waals surface area contributed by atoms with E-state index in [1.54, 1.807) is 24.3 Å². The van der Waals surface area contributed by atoms with Gasteiger partial charge in [-0.2, -0.15) is 0 Å². The van der Waals surface area contributed by atoms with Gasteiger partial charge in [0.2, 0.25) is 0 Å². The third kappa shape index (κ3) is 10.6. The van der Waals surface area contributed by atoms with Gasteiger partial charge in [0.15, 0.2) is 0 Å². The highest BCUT2D eigenvalue weighted by Gasteiger charge is 2.47. The van der Waals surface area contributed by atoms with Crippen LogP contribution in [0.15, 0.2) is 169 Å². The number of carboxylic acid groups (broad SMARTS) is 2. The van der Waals surface area contributed by atoms with Gasteiger partial charge in [-0.05, 0) is 97.2 Å². The summed E-state index contributed by atoms with van der Waals surface area (Å²) in [7, 11) is 4.10. The topological polar surface area (TPSA) is 110 Å². The lowest BCUT2D eigenvalue weighted by molar-refractivity contribution is -0.146. The highest BCUT2D eigenvalue weighted by Crippen LogP contribution is 2.47. The van der Waals surface area contributed by atoms with Gasteiger partial charge >= 0.3 is 11.9 Å². The van der Waals surface area contributed by atoms with Crippen molar-refractivity contribution in [1.82, 2.24) is 9.47 Å². The summed E-state index contributed by atoms with van der Waals surface area (Å²) in [5, 5.41) is 21.4. The number of fused-ring (bicyclic) bond motifs is 1. The smallest absolute Gasteiger partial charge is 0.332 e. The van der Waals surface area contributed by atoms with Crippen LogP contribution in [0.2, 0.25) is 0 Å². The molecule has 9 heteroatoms. The van der Waals surface area contributed by atoms with Crippen molar-refractivity contribution < 1.29 is 34.0 Å². The third-order valence-electron chi connectivity index (χ3n) is 9.83. The fraction of sp³-hybridized carbons (Fsp3) is 0.208. The molecule has 2 atom stereocenters. The van der Waals surface area contributed by atoms with E-state index in [-0.39, 0.29) is 17.9 Å². The first-order valence-electron chi connectivity index (χ1n) is 18.8. The molecule has 2 unspecified atom stereocenters. The second-order valence-corrected chi connectivity index (χ2v) is 14.4. The Kier molecular flexibility index (Phi) is 13.3. The van der Waals surface area contributed by atoms with Crippen molar-refractivity contribution >= 4 is 22.8 Å². The maximum absolute atomic E-state index is 12.4. The first kappa shape index (κ1) is 40.1. The zero-order chi connectivity index (χ0) is 40.2. The van der Waals surface area contributed by atoms with Crippen LogP contribution in [0.1, 0.15) is 35.1 Å². The van der Waals surface area contributed by atoms with Crippen molar-refractivity contribution in [2.45, 2.75) is 32.6 Å². The van der Waals surface area contributed by atoms with E-state index in [1.807, 2.05) is 74.8 Å². The highest BCUT2D eigenvalue weighted by molar-refractivity contribution is 5.93. The number of allylic oxidation sites excluding steroid dienone is 1. The van der Waals surface area contributed by atoms with Crippen molar-refractivity contribution in [3.63, 3.8) is 0 Å². The van der Waals surface area contributed by atoms with Crippen molar-refractivity contribution in [1.29, 1.82) is 0 Å². The molecule has 0 amide bonds. The first-order valence-corrected chi connectivity index (χ1v) is 18.8. The van der Waals surface area contributed by atoms with Crippen LogP contribution in [-0.2, 0) is 34.1 Å². The lowest BCUT2D eigenvalue weighted by atomic mass is 9.67. The van der Waals surface area contributed by atoms with Crippen LogP contribution in [0.5, 0.6) is 11.5 Å². The average Bonchev–Trinajstić information content (AvgIpc) is 3.63. The molecule has 0 saturated heterocycles. The zero-order valence-corrected chi connectivity index (χ0v) is 32.5. The van der Waals surface area contributed by atoms with E-state index < -0.39 is 23.3 Å². The number of ether oxygens (including phenoxy) is 3. The quantitative estimate of drug-likeness (QED) is 0.107. The molecule has 0 saturated carbocycles. The Labute approximate surface area is 333 Å². The van der Waals surface area contributed by atoms with E-state index in [2.05, 4.69) is 70.3 Å². The summed E-state index contributed by atoms with van der Waals surface area (Å²) in [5.41, 5.74) is 3.46. The number of carboxylic acids is 2. The molecule has 1 aliphatic rings. The number of aliphatic carboxylic acids is 2. The van der Waals surface area contributed by atoms with E-state index in [4.69, 9.17) is 14.2 Å². The molecule has 0 radical (unpaired) electrons. The molecule has 6 aromatic rings. The van der Waals surface area contributed by atoms with Crippen molar-refractivity contribution in [3.8, 4) is 11.5 Å². The minimum atomic E-state index is -1.53. The summed E-state index contributed by atoms with van der Waals surface area (Å²) in [6, 6.07) is 45.0.